The molecule has 0 unspecified atom stereocenters. The summed E-state index contributed by atoms with van der Waals surface area (Å²) in [6.07, 6.45) is 3.51. The van der Waals surface area contributed by atoms with E-state index in [0.717, 1.165) is 31.0 Å². The molecule has 2 atom stereocenters. The van der Waals surface area contributed by atoms with Crippen LogP contribution in [0.5, 0.6) is 11.5 Å². The molecule has 4 rings (SSSR count). The average molecular weight is 535 g/mol. The number of aromatic nitrogens is 1. The number of benzene rings is 1. The van der Waals surface area contributed by atoms with Gasteiger partial charge >= 0.3 is 12.6 Å². The molecule has 1 saturated heterocycles. The molecule has 0 radical (unpaired) electrons. The number of carbonyl (C=O) groups excluding carboxylic acids is 1. The van der Waals surface area contributed by atoms with Gasteiger partial charge in [0.05, 0.1) is 6.61 Å². The number of nitrogens with one attached hydrogen (secondary N) is 1. The maximum absolute atomic E-state index is 12.9. The van der Waals surface area contributed by atoms with Crippen molar-refractivity contribution < 1.29 is 32.5 Å². The summed E-state index contributed by atoms with van der Waals surface area (Å²) in [5, 5.41) is 14.4. The van der Waals surface area contributed by atoms with Gasteiger partial charge in [-0.25, -0.2) is 4.79 Å². The summed E-state index contributed by atoms with van der Waals surface area (Å²) >= 11 is 13.9. The SMILES string of the molecule is O=C(O[C@@H](Cc1c(Cl)c[n+]([O-])cc1Cl)c1ccc(OC(F)F)c(OCC2CC2)c1)[C@@H]1NCCS1. The molecule has 1 saturated carbocycles. The zero-order valence-electron chi connectivity index (χ0n) is 17.8. The van der Waals surface area contributed by atoms with E-state index in [2.05, 4.69) is 10.1 Å². The van der Waals surface area contributed by atoms with E-state index in [9.17, 15) is 18.8 Å². The third kappa shape index (κ3) is 6.56. The van der Waals surface area contributed by atoms with Crippen molar-refractivity contribution in [2.45, 2.75) is 37.4 Å². The Bertz CT molecular complexity index is 1020. The lowest BCUT2D eigenvalue weighted by atomic mass is 10.0. The highest BCUT2D eigenvalue weighted by Crippen LogP contribution is 2.38. The second kappa shape index (κ2) is 11.2. The normalized spacial score (nSPS) is 18.7. The number of carbonyl (C=O) groups is 1. The number of rotatable bonds is 10. The van der Waals surface area contributed by atoms with Gasteiger partial charge in [-0.3, -0.25) is 5.32 Å². The molecule has 0 amide bonds. The lowest BCUT2D eigenvalue weighted by molar-refractivity contribution is -0.605. The van der Waals surface area contributed by atoms with Crippen molar-refractivity contribution in [3.05, 3.63) is 57.0 Å². The quantitative estimate of drug-likeness (QED) is 0.273. The Balaban J connectivity index is 1.65. The van der Waals surface area contributed by atoms with Gasteiger partial charge in [0.2, 0.25) is 0 Å². The maximum Gasteiger partial charge on any atom is 0.387 e. The summed E-state index contributed by atoms with van der Waals surface area (Å²) in [7, 11) is 0. The summed E-state index contributed by atoms with van der Waals surface area (Å²) in [4.78, 5) is 12.8. The molecule has 12 heteroatoms. The molecule has 2 aliphatic rings. The molecule has 0 spiro atoms. The highest BCUT2D eigenvalue weighted by Gasteiger charge is 2.30. The van der Waals surface area contributed by atoms with Crippen molar-refractivity contribution in [1.29, 1.82) is 0 Å². The average Bonchev–Trinajstić information content (AvgIpc) is 3.44. The van der Waals surface area contributed by atoms with E-state index < -0.39 is 24.1 Å². The van der Waals surface area contributed by atoms with E-state index in [1.54, 1.807) is 0 Å². The Hall–Kier alpha value is -2.01. The smallest absolute Gasteiger partial charge is 0.387 e. The van der Waals surface area contributed by atoms with Crippen molar-refractivity contribution in [2.75, 3.05) is 18.9 Å². The lowest BCUT2D eigenvalue weighted by Gasteiger charge is -2.22. The number of hydrogen-bond donors (Lipinski definition) is 1. The minimum atomic E-state index is -3.02. The van der Waals surface area contributed by atoms with Gasteiger partial charge in [-0.1, -0.05) is 29.3 Å². The molecular formula is C22H22Cl2F2N2O5S. The molecule has 2 fully saturated rings. The fraction of sp³-hybridized carbons (Fsp3) is 0.455. The van der Waals surface area contributed by atoms with Gasteiger partial charge in [-0.15, -0.1) is 11.8 Å². The third-order valence-electron chi connectivity index (χ3n) is 5.36. The van der Waals surface area contributed by atoms with E-state index in [1.807, 2.05) is 0 Å². The van der Waals surface area contributed by atoms with E-state index in [1.165, 1.54) is 30.0 Å². The highest BCUT2D eigenvalue weighted by molar-refractivity contribution is 8.00. The first-order chi connectivity index (χ1) is 16.3. The number of halogens is 4. The zero-order chi connectivity index (χ0) is 24.2. The molecule has 1 aromatic carbocycles. The monoisotopic (exact) mass is 534 g/mol. The minimum absolute atomic E-state index is 0.0543. The van der Waals surface area contributed by atoms with Gasteiger partial charge < -0.3 is 19.4 Å². The van der Waals surface area contributed by atoms with Crippen LogP contribution in [-0.4, -0.2) is 36.9 Å². The minimum Gasteiger partial charge on any atom is -0.619 e. The third-order valence-corrected chi connectivity index (χ3v) is 7.15. The van der Waals surface area contributed by atoms with Crippen molar-refractivity contribution in [2.24, 2.45) is 5.92 Å². The molecule has 7 nitrogen and oxygen atoms in total. The first kappa shape index (κ1) is 25.1. The van der Waals surface area contributed by atoms with Crippen molar-refractivity contribution in [3.8, 4) is 11.5 Å². The van der Waals surface area contributed by atoms with Gasteiger partial charge in [0.25, 0.3) is 0 Å². The first-order valence-electron chi connectivity index (χ1n) is 10.6. The molecule has 2 heterocycles. The van der Waals surface area contributed by atoms with Crippen LogP contribution >= 0.6 is 35.0 Å². The van der Waals surface area contributed by atoms with Crippen LogP contribution in [0.15, 0.2) is 30.6 Å². The Morgan fingerprint density at radius 1 is 1.24 bits per heavy atom. The van der Waals surface area contributed by atoms with Gasteiger partial charge in [-0.2, -0.15) is 13.5 Å². The molecule has 1 aliphatic heterocycles. The standard InChI is InChI=1S/C22H22Cl2F2N2O5S/c23-15-9-28(30)10-16(24)14(15)8-18(32-21(29)20-27-5-6-34-20)13-3-4-17(33-22(25)26)19(7-13)31-11-12-1-2-12/h3-4,7,9-10,12,18,20,22,27H,1-2,5-6,8,11H2/t18-,20+/m0/s1. The van der Waals surface area contributed by atoms with E-state index in [-0.39, 0.29) is 28.0 Å². The summed E-state index contributed by atoms with van der Waals surface area (Å²) in [6.45, 7) is -1.97. The topological polar surface area (TPSA) is 83.7 Å². The number of ether oxygens (including phenoxy) is 3. The number of nitrogens with zero attached hydrogens (tertiary/aromatic N) is 1. The molecule has 1 aromatic heterocycles. The number of alkyl halides is 2. The van der Waals surface area contributed by atoms with Crippen LogP contribution in [0, 0.1) is 11.1 Å². The summed E-state index contributed by atoms with van der Waals surface area (Å²) in [5.74, 6) is 0.677. The van der Waals surface area contributed by atoms with Crippen LogP contribution in [0.3, 0.4) is 0 Å². The fourth-order valence-corrected chi connectivity index (χ4v) is 4.94. The molecule has 1 N–H and O–H groups in total. The first-order valence-corrected chi connectivity index (χ1v) is 12.4. The summed E-state index contributed by atoms with van der Waals surface area (Å²) < 4.78 is 42.5. The van der Waals surface area contributed by atoms with Crippen LogP contribution in [-0.2, 0) is 16.0 Å². The van der Waals surface area contributed by atoms with E-state index in [0.29, 0.717) is 34.9 Å². The van der Waals surface area contributed by atoms with Crippen LogP contribution in [0.4, 0.5) is 8.78 Å². The number of pyridine rings is 1. The Morgan fingerprint density at radius 3 is 2.59 bits per heavy atom. The second-order valence-electron chi connectivity index (χ2n) is 7.97. The van der Waals surface area contributed by atoms with Gasteiger partial charge in [0.15, 0.2) is 29.3 Å². The van der Waals surface area contributed by atoms with Gasteiger partial charge in [-0.05, 0) is 36.5 Å². The van der Waals surface area contributed by atoms with E-state index in [4.69, 9.17) is 32.7 Å². The predicted molar refractivity (Wildman–Crippen MR) is 124 cm³/mol. The molecule has 2 aromatic rings. The van der Waals surface area contributed by atoms with Crippen molar-refractivity contribution in [3.63, 3.8) is 0 Å². The highest BCUT2D eigenvalue weighted by atomic mass is 35.5. The molecule has 184 valence electrons. The summed E-state index contributed by atoms with van der Waals surface area (Å²) in [5.41, 5.74) is 0.892. The molecule has 1 aliphatic carbocycles. The second-order valence-corrected chi connectivity index (χ2v) is 9.99. The number of esters is 1. The Labute approximate surface area is 209 Å². The van der Waals surface area contributed by atoms with Gasteiger partial charge in [0, 0.05) is 24.3 Å². The summed E-state index contributed by atoms with van der Waals surface area (Å²) in [6, 6.07) is 4.39. The van der Waals surface area contributed by atoms with Crippen LogP contribution in [0.2, 0.25) is 10.0 Å². The van der Waals surface area contributed by atoms with Crippen molar-refractivity contribution in [1.82, 2.24) is 5.32 Å². The molecule has 34 heavy (non-hydrogen) atoms. The lowest BCUT2D eigenvalue weighted by Crippen LogP contribution is -2.32. The maximum atomic E-state index is 12.9. The molecule has 0 bridgehead atoms. The predicted octanol–water partition coefficient (Wildman–Crippen LogP) is 4.51. The number of hydrogen-bond acceptors (Lipinski definition) is 7. The fourth-order valence-electron chi connectivity index (χ4n) is 3.44. The van der Waals surface area contributed by atoms with Crippen molar-refractivity contribution >= 4 is 40.9 Å². The van der Waals surface area contributed by atoms with Crippen LogP contribution < -0.4 is 19.5 Å². The number of thioether (sulfide) groups is 1. The zero-order valence-corrected chi connectivity index (χ0v) is 20.2. The van der Waals surface area contributed by atoms with Crippen LogP contribution in [0.25, 0.3) is 0 Å². The largest absolute Gasteiger partial charge is 0.619 e. The van der Waals surface area contributed by atoms with E-state index >= 15 is 0 Å². The van der Waals surface area contributed by atoms with Crippen LogP contribution in [0.1, 0.15) is 30.1 Å². The molecular weight excluding hydrogens is 513 g/mol. The Morgan fingerprint density at radius 2 is 1.97 bits per heavy atom. The van der Waals surface area contributed by atoms with Gasteiger partial charge in [0.1, 0.15) is 16.1 Å². The Kier molecular flexibility index (Phi) is 8.23.